The van der Waals surface area contributed by atoms with E-state index in [0.717, 1.165) is 0 Å². The van der Waals surface area contributed by atoms with Gasteiger partial charge in [-0.1, -0.05) is 0 Å². The third kappa shape index (κ3) is 550. The zero-order chi connectivity index (χ0) is 4.50. The predicted molar refractivity (Wildman–Crippen MR) is 18.4 cm³/mol. The van der Waals surface area contributed by atoms with Crippen LogP contribution in [0.4, 0.5) is 0 Å². The molecule has 2 radical (unpaired) electrons. The molecule has 0 aliphatic carbocycles. The van der Waals surface area contributed by atoms with E-state index in [0.29, 0.717) is 0 Å². The number of rotatable bonds is 0. The molecule has 0 fully saturated rings. The molecule has 0 atom stereocenters. The summed E-state index contributed by atoms with van der Waals surface area (Å²) in [6.45, 7) is 0. The molecule has 0 aromatic carbocycles. The Kier molecular flexibility index (Phi) is 72.6. The molecule has 0 saturated heterocycles. The van der Waals surface area contributed by atoms with Crippen LogP contribution >= 0.6 is 7.82 Å². The second-order valence-electron chi connectivity index (χ2n) is 0.447. The van der Waals surface area contributed by atoms with Crippen molar-refractivity contribution in [3.8, 4) is 0 Å². The molecular formula is H6FeMnO7P. The van der Waals surface area contributed by atoms with Crippen LogP contribution in [0.2, 0.25) is 0 Å². The smallest absolute Gasteiger partial charge is 0.822 e. The van der Waals surface area contributed by atoms with Crippen molar-refractivity contribution in [2.24, 2.45) is 0 Å². The molecule has 0 amide bonds. The first-order valence-electron chi connectivity index (χ1n) is 0.730. The summed E-state index contributed by atoms with van der Waals surface area (Å²) >= 11 is 0. The Balaban J connectivity index is -0.00000000800. The van der Waals surface area contributed by atoms with Crippen molar-refractivity contribution >= 4 is 7.82 Å². The monoisotopic (exact) mass is 260 g/mol. The molecule has 0 spiro atoms. The predicted octanol–water partition coefficient (Wildman–Crippen LogP) is -5.30. The number of phosphoric acid groups is 1. The van der Waals surface area contributed by atoms with Gasteiger partial charge in [0.1, 0.15) is 0 Å². The van der Waals surface area contributed by atoms with E-state index in [1.54, 1.807) is 0 Å². The van der Waals surface area contributed by atoms with Gasteiger partial charge in [-0.2, -0.15) is 7.82 Å². The molecule has 6 N–H and O–H groups in total. The standard InChI is InChI=1S/Fe.Mn.H3O4P.3H2O/c;;1-5(2,3)4;;;/h;;(H3,1,2,3,4);3*1H2/q+1;+2;;;;/p-3. The van der Waals surface area contributed by atoms with E-state index in [9.17, 15) is 0 Å². The average molecular weight is 260 g/mol. The van der Waals surface area contributed by atoms with E-state index in [1.807, 2.05) is 0 Å². The molecule has 10 heteroatoms. The molecule has 7 nitrogen and oxygen atoms in total. The molecule has 0 aromatic heterocycles. The second kappa shape index (κ2) is 16.5. The van der Waals surface area contributed by atoms with Crippen molar-refractivity contribution in [2.75, 3.05) is 0 Å². The molecule has 0 unspecified atom stereocenters. The van der Waals surface area contributed by atoms with Crippen LogP contribution in [0.15, 0.2) is 0 Å². The maximum atomic E-state index is 8.55. The summed E-state index contributed by atoms with van der Waals surface area (Å²) < 4.78 is 8.55. The van der Waals surface area contributed by atoms with Crippen LogP contribution in [0, 0.1) is 0 Å². The molecule has 68 valence electrons. The van der Waals surface area contributed by atoms with Gasteiger partial charge in [0.05, 0.1) is 0 Å². The molecule has 0 heterocycles. The fraction of sp³-hybridized carbons (Fsp3) is 0. The van der Waals surface area contributed by atoms with Crippen molar-refractivity contribution in [1.82, 2.24) is 0 Å². The zero-order valence-electron chi connectivity index (χ0n) is 4.31. The average Bonchev–Trinajstić information content (AvgIpc) is 0.722. The minimum atomic E-state index is -5.39. The summed E-state index contributed by atoms with van der Waals surface area (Å²) in [4.78, 5) is 25.6. The van der Waals surface area contributed by atoms with E-state index in [-0.39, 0.29) is 50.6 Å². The first-order chi connectivity index (χ1) is 2.00. The fourth-order valence-corrected chi connectivity index (χ4v) is 0. The molecule has 0 bridgehead atoms. The van der Waals surface area contributed by atoms with Gasteiger partial charge in [0.25, 0.3) is 0 Å². The van der Waals surface area contributed by atoms with E-state index in [4.69, 9.17) is 19.2 Å². The summed E-state index contributed by atoms with van der Waals surface area (Å²) in [5.41, 5.74) is 0. The normalized spacial score (nSPS) is 5.90. The molecule has 0 saturated carbocycles. The molecular weight excluding hydrogens is 254 g/mol. The van der Waals surface area contributed by atoms with Gasteiger partial charge in [-0.3, -0.25) is 0 Å². The van der Waals surface area contributed by atoms with Crippen LogP contribution in [-0.4, -0.2) is 16.4 Å². The number of hydrogen-bond acceptors (Lipinski definition) is 4. The summed E-state index contributed by atoms with van der Waals surface area (Å²) in [6.07, 6.45) is 0. The van der Waals surface area contributed by atoms with Gasteiger partial charge in [-0.05, 0) is 0 Å². The summed E-state index contributed by atoms with van der Waals surface area (Å²) in [7, 11) is -5.39. The van der Waals surface area contributed by atoms with Gasteiger partial charge < -0.3 is 35.7 Å². The minimum Gasteiger partial charge on any atom is -0.822 e. The SMILES string of the molecule is O.O.O.O=P([O-])([O-])[O-].[Fe+].[Mn+2]. The Hall–Kier alpha value is 1.03. The topological polar surface area (TPSA) is 181 Å². The Morgan fingerprint density at radius 1 is 0.900 bits per heavy atom. The molecule has 0 aromatic rings. The Morgan fingerprint density at radius 2 is 0.900 bits per heavy atom. The van der Waals surface area contributed by atoms with Crippen molar-refractivity contribution in [1.29, 1.82) is 0 Å². The molecule has 0 aliphatic rings. The van der Waals surface area contributed by atoms with Gasteiger partial charge in [-0.25, -0.2) is 0 Å². The molecule has 0 aliphatic heterocycles. The summed E-state index contributed by atoms with van der Waals surface area (Å²) in [5.74, 6) is 0. The first-order valence-corrected chi connectivity index (χ1v) is 2.19. The minimum absolute atomic E-state index is 0. The van der Waals surface area contributed by atoms with Crippen molar-refractivity contribution < 1.29 is 69.8 Å². The van der Waals surface area contributed by atoms with Gasteiger partial charge in [0.2, 0.25) is 0 Å². The van der Waals surface area contributed by atoms with E-state index < -0.39 is 7.82 Å². The Morgan fingerprint density at radius 3 is 0.900 bits per heavy atom. The van der Waals surface area contributed by atoms with Crippen LogP contribution in [0.1, 0.15) is 0 Å². The Bertz CT molecular complexity index is 59.7. The summed E-state index contributed by atoms with van der Waals surface area (Å²) in [5, 5.41) is 0. The van der Waals surface area contributed by atoms with Crippen LogP contribution in [0.25, 0.3) is 0 Å². The largest absolute Gasteiger partial charge is 2.00 e. The quantitative estimate of drug-likeness (QED) is 0.311. The second-order valence-corrected chi connectivity index (χ2v) is 1.34. The molecule has 0 rings (SSSR count). The third-order valence-corrected chi connectivity index (χ3v) is 0. The van der Waals surface area contributed by atoms with E-state index in [1.165, 1.54) is 0 Å². The van der Waals surface area contributed by atoms with Crippen LogP contribution < -0.4 is 14.7 Å². The van der Waals surface area contributed by atoms with E-state index in [2.05, 4.69) is 0 Å². The van der Waals surface area contributed by atoms with Gasteiger partial charge in [-0.15, -0.1) is 0 Å². The first kappa shape index (κ1) is 43.9. The van der Waals surface area contributed by atoms with Gasteiger partial charge in [0, 0.05) is 0 Å². The van der Waals surface area contributed by atoms with Crippen molar-refractivity contribution in [3.63, 3.8) is 0 Å². The van der Waals surface area contributed by atoms with Crippen LogP contribution in [0.3, 0.4) is 0 Å². The maximum Gasteiger partial charge on any atom is 2.00 e. The third-order valence-electron chi connectivity index (χ3n) is 0. The van der Waals surface area contributed by atoms with Crippen LogP contribution in [-0.2, 0) is 38.7 Å². The van der Waals surface area contributed by atoms with Gasteiger partial charge >= 0.3 is 34.1 Å². The van der Waals surface area contributed by atoms with Crippen molar-refractivity contribution in [3.05, 3.63) is 0 Å². The maximum absolute atomic E-state index is 8.55. The van der Waals surface area contributed by atoms with Gasteiger partial charge in [0.15, 0.2) is 0 Å². The fourth-order valence-electron chi connectivity index (χ4n) is 0. The number of hydrogen-bond donors (Lipinski definition) is 0. The zero-order valence-corrected chi connectivity index (χ0v) is 7.49. The Labute approximate surface area is 77.9 Å². The van der Waals surface area contributed by atoms with Crippen LogP contribution in [0.5, 0.6) is 0 Å². The summed E-state index contributed by atoms with van der Waals surface area (Å²) in [6, 6.07) is 0. The molecule has 10 heavy (non-hydrogen) atoms. The van der Waals surface area contributed by atoms with Crippen molar-refractivity contribution in [2.45, 2.75) is 0 Å². The van der Waals surface area contributed by atoms with E-state index >= 15 is 0 Å².